The van der Waals surface area contributed by atoms with E-state index in [1.807, 2.05) is 24.4 Å². The lowest BCUT2D eigenvalue weighted by molar-refractivity contribution is -0.120. The summed E-state index contributed by atoms with van der Waals surface area (Å²) in [4.78, 5) is 14.7. The van der Waals surface area contributed by atoms with E-state index in [0.29, 0.717) is 13.0 Å². The maximum atomic E-state index is 11.5. The van der Waals surface area contributed by atoms with Crippen LogP contribution in [0.15, 0.2) is 43.1 Å². The lowest BCUT2D eigenvalue weighted by Crippen LogP contribution is -2.23. The number of carbonyl (C=O) groups excluding carboxylic acids is 1. The number of benzene rings is 1. The minimum absolute atomic E-state index is 0.0650. The number of para-hydroxylation sites is 1. The third-order valence-electron chi connectivity index (χ3n) is 2.74. The van der Waals surface area contributed by atoms with Crippen molar-refractivity contribution in [3.8, 4) is 0 Å². The summed E-state index contributed by atoms with van der Waals surface area (Å²) in [5.74, 6) is 0.0650. The molecule has 2 rings (SSSR count). The largest absolute Gasteiger partial charge is 0.361 e. The van der Waals surface area contributed by atoms with Crippen molar-refractivity contribution in [1.29, 1.82) is 0 Å². The van der Waals surface area contributed by atoms with Gasteiger partial charge in [0.2, 0.25) is 5.91 Å². The molecule has 3 nitrogen and oxygen atoms in total. The average Bonchev–Trinajstić information content (AvgIpc) is 2.77. The normalized spacial score (nSPS) is 10.4. The fourth-order valence-electron chi connectivity index (χ4n) is 1.86. The SMILES string of the molecule is C=CCNC(=O)CCc1c[nH]c2ccccc12. The van der Waals surface area contributed by atoms with Crippen LogP contribution in [0.1, 0.15) is 12.0 Å². The van der Waals surface area contributed by atoms with Gasteiger partial charge in [0.25, 0.3) is 0 Å². The molecule has 0 saturated heterocycles. The van der Waals surface area contributed by atoms with Gasteiger partial charge in [-0.25, -0.2) is 0 Å². The van der Waals surface area contributed by atoms with Gasteiger partial charge >= 0.3 is 0 Å². The highest BCUT2D eigenvalue weighted by atomic mass is 16.1. The van der Waals surface area contributed by atoms with Crippen molar-refractivity contribution in [2.24, 2.45) is 0 Å². The minimum Gasteiger partial charge on any atom is -0.361 e. The molecule has 0 atom stereocenters. The number of fused-ring (bicyclic) bond motifs is 1. The number of H-pyrrole nitrogens is 1. The number of rotatable bonds is 5. The zero-order valence-corrected chi connectivity index (χ0v) is 9.70. The second kappa shape index (κ2) is 5.34. The maximum absolute atomic E-state index is 11.5. The number of aryl methyl sites for hydroxylation is 1. The Morgan fingerprint density at radius 2 is 2.24 bits per heavy atom. The summed E-state index contributed by atoms with van der Waals surface area (Å²) in [7, 11) is 0. The number of carbonyl (C=O) groups is 1. The lowest BCUT2D eigenvalue weighted by atomic mass is 10.1. The number of hydrogen-bond donors (Lipinski definition) is 2. The monoisotopic (exact) mass is 228 g/mol. The third-order valence-corrected chi connectivity index (χ3v) is 2.74. The summed E-state index contributed by atoms with van der Waals surface area (Å²) in [5, 5.41) is 3.97. The number of amides is 1. The fourth-order valence-corrected chi connectivity index (χ4v) is 1.86. The smallest absolute Gasteiger partial charge is 0.220 e. The van der Waals surface area contributed by atoms with E-state index in [-0.39, 0.29) is 5.91 Å². The number of hydrogen-bond acceptors (Lipinski definition) is 1. The summed E-state index contributed by atoms with van der Waals surface area (Å²) in [6.45, 7) is 4.10. The van der Waals surface area contributed by atoms with Gasteiger partial charge in [0.15, 0.2) is 0 Å². The van der Waals surface area contributed by atoms with Crippen molar-refractivity contribution in [3.05, 3.63) is 48.7 Å². The summed E-state index contributed by atoms with van der Waals surface area (Å²) in [6.07, 6.45) is 4.93. The van der Waals surface area contributed by atoms with E-state index in [1.165, 1.54) is 10.9 Å². The van der Waals surface area contributed by atoms with Crippen molar-refractivity contribution in [1.82, 2.24) is 10.3 Å². The summed E-state index contributed by atoms with van der Waals surface area (Å²) in [5.41, 5.74) is 2.31. The quantitative estimate of drug-likeness (QED) is 0.758. The van der Waals surface area contributed by atoms with Crippen LogP contribution in [0.25, 0.3) is 10.9 Å². The molecule has 0 aliphatic carbocycles. The number of aromatic nitrogens is 1. The van der Waals surface area contributed by atoms with E-state index < -0.39 is 0 Å². The van der Waals surface area contributed by atoms with Gasteiger partial charge < -0.3 is 10.3 Å². The van der Waals surface area contributed by atoms with E-state index in [0.717, 1.165) is 11.9 Å². The Bertz CT molecular complexity index is 528. The second-order valence-corrected chi connectivity index (χ2v) is 3.95. The molecule has 2 aromatic rings. The zero-order valence-electron chi connectivity index (χ0n) is 9.70. The van der Waals surface area contributed by atoms with Gasteiger partial charge in [-0.3, -0.25) is 4.79 Å². The van der Waals surface area contributed by atoms with Gasteiger partial charge in [0.1, 0.15) is 0 Å². The summed E-state index contributed by atoms with van der Waals surface area (Å²) < 4.78 is 0. The Balaban J connectivity index is 1.99. The van der Waals surface area contributed by atoms with E-state index in [1.54, 1.807) is 6.08 Å². The van der Waals surface area contributed by atoms with E-state index >= 15 is 0 Å². The molecular weight excluding hydrogens is 212 g/mol. The highest BCUT2D eigenvalue weighted by molar-refractivity contribution is 5.84. The van der Waals surface area contributed by atoms with Crippen LogP contribution in [0, 0.1) is 0 Å². The van der Waals surface area contributed by atoms with E-state index in [9.17, 15) is 4.79 Å². The van der Waals surface area contributed by atoms with Crippen LogP contribution in [0.2, 0.25) is 0 Å². The Morgan fingerprint density at radius 1 is 1.41 bits per heavy atom. The predicted octanol–water partition coefficient (Wildman–Crippen LogP) is 2.40. The van der Waals surface area contributed by atoms with Crippen molar-refractivity contribution in [3.63, 3.8) is 0 Å². The van der Waals surface area contributed by atoms with Gasteiger partial charge in [-0.1, -0.05) is 24.3 Å². The first-order chi connectivity index (χ1) is 8.31. The Morgan fingerprint density at radius 3 is 3.06 bits per heavy atom. The standard InChI is InChI=1S/C14H16N2O/c1-2-9-15-14(17)8-7-11-10-16-13-6-4-3-5-12(11)13/h2-6,10,16H,1,7-9H2,(H,15,17). The third kappa shape index (κ3) is 2.75. The molecule has 0 radical (unpaired) electrons. The Hall–Kier alpha value is -2.03. The highest BCUT2D eigenvalue weighted by Gasteiger charge is 2.05. The molecule has 17 heavy (non-hydrogen) atoms. The molecule has 0 aliphatic heterocycles. The van der Waals surface area contributed by atoms with Gasteiger partial charge in [-0.15, -0.1) is 6.58 Å². The van der Waals surface area contributed by atoms with Crippen LogP contribution in [-0.4, -0.2) is 17.4 Å². The van der Waals surface area contributed by atoms with E-state index in [2.05, 4.69) is 22.9 Å². The molecule has 0 unspecified atom stereocenters. The first-order valence-corrected chi connectivity index (χ1v) is 5.74. The molecule has 0 saturated carbocycles. The molecule has 1 heterocycles. The Kier molecular flexibility index (Phi) is 3.60. The van der Waals surface area contributed by atoms with Crippen molar-refractivity contribution in [2.75, 3.05) is 6.54 Å². The van der Waals surface area contributed by atoms with Crippen LogP contribution in [0.3, 0.4) is 0 Å². The van der Waals surface area contributed by atoms with Crippen LogP contribution >= 0.6 is 0 Å². The zero-order chi connectivity index (χ0) is 12.1. The van der Waals surface area contributed by atoms with Crippen LogP contribution in [0.5, 0.6) is 0 Å². The second-order valence-electron chi connectivity index (χ2n) is 3.95. The molecule has 0 fully saturated rings. The van der Waals surface area contributed by atoms with Crippen molar-refractivity contribution >= 4 is 16.8 Å². The van der Waals surface area contributed by atoms with Crippen LogP contribution in [-0.2, 0) is 11.2 Å². The molecule has 2 N–H and O–H groups in total. The molecule has 0 spiro atoms. The Labute approximate surface area is 101 Å². The molecule has 1 amide bonds. The molecule has 0 aliphatic rings. The topological polar surface area (TPSA) is 44.9 Å². The van der Waals surface area contributed by atoms with Crippen LogP contribution < -0.4 is 5.32 Å². The molecule has 1 aromatic heterocycles. The molecule has 1 aromatic carbocycles. The van der Waals surface area contributed by atoms with Crippen molar-refractivity contribution in [2.45, 2.75) is 12.8 Å². The molecule has 88 valence electrons. The first-order valence-electron chi connectivity index (χ1n) is 5.74. The van der Waals surface area contributed by atoms with Gasteiger partial charge in [0, 0.05) is 30.1 Å². The maximum Gasteiger partial charge on any atom is 0.220 e. The van der Waals surface area contributed by atoms with Crippen LogP contribution in [0.4, 0.5) is 0 Å². The minimum atomic E-state index is 0.0650. The number of aromatic amines is 1. The van der Waals surface area contributed by atoms with Gasteiger partial charge in [0.05, 0.1) is 0 Å². The van der Waals surface area contributed by atoms with Crippen molar-refractivity contribution < 1.29 is 4.79 Å². The van der Waals surface area contributed by atoms with Gasteiger partial charge in [-0.2, -0.15) is 0 Å². The van der Waals surface area contributed by atoms with E-state index in [4.69, 9.17) is 0 Å². The first kappa shape index (κ1) is 11.5. The molecular formula is C14H16N2O. The fraction of sp³-hybridized carbons (Fsp3) is 0.214. The van der Waals surface area contributed by atoms with Gasteiger partial charge in [-0.05, 0) is 18.1 Å². The summed E-state index contributed by atoms with van der Waals surface area (Å²) in [6, 6.07) is 8.12. The predicted molar refractivity (Wildman–Crippen MR) is 69.8 cm³/mol. The highest BCUT2D eigenvalue weighted by Crippen LogP contribution is 2.18. The molecule has 0 bridgehead atoms. The number of nitrogens with one attached hydrogen (secondary N) is 2. The average molecular weight is 228 g/mol. The summed E-state index contributed by atoms with van der Waals surface area (Å²) >= 11 is 0. The lowest BCUT2D eigenvalue weighted by Gasteiger charge is -2.01. The molecule has 3 heteroatoms.